The van der Waals surface area contributed by atoms with Crippen LogP contribution in [0.1, 0.15) is 11.1 Å². The molecule has 1 aromatic carbocycles. The Kier molecular flexibility index (Phi) is 3.12. The zero-order chi connectivity index (χ0) is 9.14. The van der Waals surface area contributed by atoms with Crippen LogP contribution in [0.2, 0.25) is 0 Å². The van der Waals surface area contributed by atoms with Crippen molar-refractivity contribution in [2.24, 2.45) is 0 Å². The molecule has 2 nitrogen and oxygen atoms in total. The Balaban J connectivity index is 2.89. The molecular formula is C8H9ClO2S. The minimum Gasteiger partial charge on any atom is -0.389 e. The third-order valence-corrected chi connectivity index (χ3v) is 2.15. The van der Waals surface area contributed by atoms with Crippen LogP contribution >= 0.6 is 10.7 Å². The van der Waals surface area contributed by atoms with E-state index in [4.69, 9.17) is 14.9 Å². The number of aryl methyl sites for hydroxylation is 2. The van der Waals surface area contributed by atoms with Crippen LogP contribution in [0.15, 0.2) is 18.2 Å². The summed E-state index contributed by atoms with van der Waals surface area (Å²) in [6.07, 6.45) is 0. The summed E-state index contributed by atoms with van der Waals surface area (Å²) in [5.41, 5.74) is 2.26. The molecule has 0 amide bonds. The van der Waals surface area contributed by atoms with Crippen molar-refractivity contribution in [2.75, 3.05) is 0 Å². The van der Waals surface area contributed by atoms with Crippen molar-refractivity contribution in [1.82, 2.24) is 0 Å². The first kappa shape index (κ1) is 9.55. The van der Waals surface area contributed by atoms with E-state index in [0.29, 0.717) is 5.75 Å². The quantitative estimate of drug-likeness (QED) is 0.692. The second-order valence-electron chi connectivity index (χ2n) is 2.52. The Morgan fingerprint density at radius 1 is 1.33 bits per heavy atom. The Morgan fingerprint density at radius 2 is 2.00 bits per heavy atom. The van der Waals surface area contributed by atoms with E-state index < -0.39 is 10.3 Å². The third-order valence-electron chi connectivity index (χ3n) is 1.64. The molecule has 0 radical (unpaired) electrons. The highest BCUT2D eigenvalue weighted by Gasteiger charge is 1.99. The molecule has 1 aromatic rings. The second kappa shape index (κ2) is 3.92. The lowest BCUT2D eigenvalue weighted by Crippen LogP contribution is -1.92. The van der Waals surface area contributed by atoms with Crippen LogP contribution < -0.4 is 4.18 Å². The smallest absolute Gasteiger partial charge is 0.308 e. The molecule has 66 valence electrons. The molecule has 4 heteroatoms. The number of hydrogen-bond donors (Lipinski definition) is 0. The standard InChI is InChI=1S/C8H9ClO2S/c1-6-3-4-8(5-7(6)2)11-12(9)10/h3-5H,1-2H3. The van der Waals surface area contributed by atoms with Crippen LogP contribution in [0.4, 0.5) is 0 Å². The van der Waals surface area contributed by atoms with E-state index in [-0.39, 0.29) is 0 Å². The predicted molar refractivity (Wildman–Crippen MR) is 50.5 cm³/mol. The number of hydrogen-bond acceptors (Lipinski definition) is 2. The molecule has 0 heterocycles. The van der Waals surface area contributed by atoms with Crippen molar-refractivity contribution in [3.63, 3.8) is 0 Å². The van der Waals surface area contributed by atoms with Gasteiger partial charge in [-0.05, 0) is 37.1 Å². The average molecular weight is 205 g/mol. The minimum absolute atomic E-state index is 0.534. The van der Waals surface area contributed by atoms with Gasteiger partial charge in [-0.25, -0.2) is 0 Å². The third kappa shape index (κ3) is 2.50. The summed E-state index contributed by atoms with van der Waals surface area (Å²) in [7, 11) is 3.40. The Morgan fingerprint density at radius 3 is 2.50 bits per heavy atom. The molecule has 1 atom stereocenters. The maximum atomic E-state index is 10.5. The SMILES string of the molecule is Cc1ccc(OS(=O)Cl)cc1C. The zero-order valence-electron chi connectivity index (χ0n) is 6.83. The molecular weight excluding hydrogens is 196 g/mol. The lowest BCUT2D eigenvalue weighted by Gasteiger charge is -2.02. The van der Waals surface area contributed by atoms with Crippen molar-refractivity contribution in [2.45, 2.75) is 13.8 Å². The lowest BCUT2D eigenvalue weighted by molar-refractivity contribution is 0.576. The summed E-state index contributed by atoms with van der Waals surface area (Å²) < 4.78 is 15.3. The fourth-order valence-electron chi connectivity index (χ4n) is 0.841. The van der Waals surface area contributed by atoms with E-state index in [1.807, 2.05) is 19.9 Å². The molecule has 0 saturated carbocycles. The van der Waals surface area contributed by atoms with Gasteiger partial charge in [-0.2, -0.15) is 4.21 Å². The van der Waals surface area contributed by atoms with E-state index in [0.717, 1.165) is 5.56 Å². The molecule has 0 fully saturated rings. The van der Waals surface area contributed by atoms with Crippen LogP contribution in [0.25, 0.3) is 0 Å². The molecule has 0 bridgehead atoms. The first-order chi connectivity index (χ1) is 5.59. The summed E-state index contributed by atoms with van der Waals surface area (Å²) in [5, 5.41) is 0. The van der Waals surface area contributed by atoms with Crippen molar-refractivity contribution in [3.05, 3.63) is 29.3 Å². The van der Waals surface area contributed by atoms with Gasteiger partial charge in [-0.1, -0.05) is 6.07 Å². The lowest BCUT2D eigenvalue weighted by atomic mass is 10.1. The average Bonchev–Trinajstić information content (AvgIpc) is 1.96. The zero-order valence-corrected chi connectivity index (χ0v) is 8.41. The van der Waals surface area contributed by atoms with Gasteiger partial charge in [0, 0.05) is 10.7 Å². The fraction of sp³-hybridized carbons (Fsp3) is 0.250. The summed E-state index contributed by atoms with van der Waals surface area (Å²) in [6.45, 7) is 3.95. The molecule has 0 saturated heterocycles. The highest BCUT2D eigenvalue weighted by molar-refractivity contribution is 8.04. The normalized spacial score (nSPS) is 12.6. The van der Waals surface area contributed by atoms with Gasteiger partial charge in [0.2, 0.25) is 0 Å². The molecule has 0 aliphatic carbocycles. The van der Waals surface area contributed by atoms with E-state index in [9.17, 15) is 4.21 Å². The van der Waals surface area contributed by atoms with Crippen molar-refractivity contribution < 1.29 is 8.39 Å². The molecule has 0 aromatic heterocycles. The van der Waals surface area contributed by atoms with Gasteiger partial charge in [-0.3, -0.25) is 0 Å². The van der Waals surface area contributed by atoms with Gasteiger partial charge in [-0.15, -0.1) is 0 Å². The molecule has 0 spiro atoms. The Bertz CT molecular complexity index is 312. The number of halogens is 1. The summed E-state index contributed by atoms with van der Waals surface area (Å²) in [6, 6.07) is 5.44. The van der Waals surface area contributed by atoms with E-state index in [2.05, 4.69) is 0 Å². The van der Waals surface area contributed by atoms with Crippen LogP contribution in [0.3, 0.4) is 0 Å². The van der Waals surface area contributed by atoms with Crippen molar-refractivity contribution in [3.8, 4) is 5.75 Å². The van der Waals surface area contributed by atoms with Crippen LogP contribution in [-0.4, -0.2) is 4.21 Å². The topological polar surface area (TPSA) is 26.3 Å². The maximum Gasteiger partial charge on any atom is 0.308 e. The maximum absolute atomic E-state index is 10.5. The molecule has 12 heavy (non-hydrogen) atoms. The van der Waals surface area contributed by atoms with Crippen LogP contribution in [0, 0.1) is 13.8 Å². The fourth-order valence-corrected chi connectivity index (χ4v) is 1.31. The number of benzene rings is 1. The van der Waals surface area contributed by atoms with Gasteiger partial charge in [0.15, 0.2) is 0 Å². The summed E-state index contributed by atoms with van der Waals surface area (Å²) in [4.78, 5) is 0. The van der Waals surface area contributed by atoms with Gasteiger partial charge < -0.3 is 4.18 Å². The summed E-state index contributed by atoms with van der Waals surface area (Å²) >= 11 is 0. The van der Waals surface area contributed by atoms with Gasteiger partial charge in [0.05, 0.1) is 0 Å². The first-order valence-corrected chi connectivity index (χ1v) is 5.33. The van der Waals surface area contributed by atoms with Crippen molar-refractivity contribution in [1.29, 1.82) is 0 Å². The van der Waals surface area contributed by atoms with E-state index in [1.54, 1.807) is 12.1 Å². The minimum atomic E-state index is -1.76. The second-order valence-corrected chi connectivity index (χ2v) is 3.83. The molecule has 0 N–H and O–H groups in total. The van der Waals surface area contributed by atoms with Gasteiger partial charge in [0.1, 0.15) is 5.75 Å². The van der Waals surface area contributed by atoms with Crippen LogP contribution in [0.5, 0.6) is 5.75 Å². The molecule has 1 rings (SSSR count). The largest absolute Gasteiger partial charge is 0.389 e. The highest BCUT2D eigenvalue weighted by atomic mass is 35.7. The predicted octanol–water partition coefficient (Wildman–Crippen LogP) is 2.50. The first-order valence-electron chi connectivity index (χ1n) is 3.43. The highest BCUT2D eigenvalue weighted by Crippen LogP contribution is 2.17. The Hall–Kier alpha value is -0.540. The van der Waals surface area contributed by atoms with Crippen LogP contribution in [-0.2, 0) is 10.3 Å². The monoisotopic (exact) mass is 204 g/mol. The van der Waals surface area contributed by atoms with Gasteiger partial charge >= 0.3 is 10.3 Å². The van der Waals surface area contributed by atoms with E-state index >= 15 is 0 Å². The molecule has 0 aliphatic rings. The molecule has 1 unspecified atom stereocenters. The van der Waals surface area contributed by atoms with E-state index in [1.165, 1.54) is 5.56 Å². The van der Waals surface area contributed by atoms with Crippen molar-refractivity contribution >= 4 is 21.0 Å². The molecule has 0 aliphatic heterocycles. The summed E-state index contributed by atoms with van der Waals surface area (Å²) in [5.74, 6) is 0.534. The van der Waals surface area contributed by atoms with Gasteiger partial charge in [0.25, 0.3) is 0 Å². The number of rotatable bonds is 2. The Labute approximate surface area is 78.7 Å².